The Morgan fingerprint density at radius 1 is 0.811 bits per heavy atom. The number of hydrogen-bond acceptors (Lipinski definition) is 5. The summed E-state index contributed by atoms with van der Waals surface area (Å²) in [6, 6.07) is 24.2. The molecule has 37 heavy (non-hydrogen) atoms. The number of carbonyl (C=O) groups excluding carboxylic acids is 1. The predicted molar refractivity (Wildman–Crippen MR) is 150 cm³/mol. The lowest BCUT2D eigenvalue weighted by molar-refractivity contribution is -0.134. The van der Waals surface area contributed by atoms with E-state index in [0.29, 0.717) is 18.8 Å². The topological polar surface area (TPSA) is 48.0 Å². The lowest BCUT2D eigenvalue weighted by atomic mass is 9.90. The Bertz CT molecular complexity index is 1160. The summed E-state index contributed by atoms with van der Waals surface area (Å²) in [6.07, 6.45) is 1.12. The van der Waals surface area contributed by atoms with Crippen molar-refractivity contribution in [3.8, 4) is 17.2 Å². The van der Waals surface area contributed by atoms with Gasteiger partial charge in [0.2, 0.25) is 0 Å². The molecule has 0 aromatic heterocycles. The number of esters is 1. The van der Waals surface area contributed by atoms with Crippen LogP contribution in [0.4, 0.5) is 0 Å². The van der Waals surface area contributed by atoms with Crippen LogP contribution in [0.15, 0.2) is 78.4 Å². The van der Waals surface area contributed by atoms with E-state index < -0.39 is 0 Å². The van der Waals surface area contributed by atoms with Crippen LogP contribution in [0.25, 0.3) is 5.57 Å². The fourth-order valence-corrected chi connectivity index (χ4v) is 4.28. The van der Waals surface area contributed by atoms with Crippen molar-refractivity contribution in [3.05, 3.63) is 95.1 Å². The minimum Gasteiger partial charge on any atom is -0.497 e. The van der Waals surface area contributed by atoms with E-state index in [0.717, 1.165) is 54.3 Å². The van der Waals surface area contributed by atoms with Crippen molar-refractivity contribution in [1.82, 2.24) is 4.90 Å². The van der Waals surface area contributed by atoms with Crippen molar-refractivity contribution >= 4 is 11.5 Å². The van der Waals surface area contributed by atoms with Gasteiger partial charge in [0.05, 0.1) is 7.11 Å². The average molecular weight is 502 g/mol. The third-order valence-electron chi connectivity index (χ3n) is 6.41. The van der Waals surface area contributed by atoms with Crippen LogP contribution in [-0.2, 0) is 11.2 Å². The summed E-state index contributed by atoms with van der Waals surface area (Å²) < 4.78 is 16.8. The van der Waals surface area contributed by atoms with E-state index >= 15 is 0 Å². The Morgan fingerprint density at radius 3 is 2.00 bits per heavy atom. The van der Waals surface area contributed by atoms with Gasteiger partial charge in [0.25, 0.3) is 0 Å². The first-order chi connectivity index (χ1) is 18.0. The second kappa shape index (κ2) is 14.2. The van der Waals surface area contributed by atoms with Crippen molar-refractivity contribution in [3.63, 3.8) is 0 Å². The van der Waals surface area contributed by atoms with Crippen LogP contribution in [-0.4, -0.2) is 44.2 Å². The molecule has 0 aliphatic carbocycles. The number of likely N-dealkylation sites (N-methyl/N-ethyl adjacent to an activating group) is 1. The smallest absolute Gasteiger partial charge is 0.310 e. The second-order valence-electron chi connectivity index (χ2n) is 8.94. The van der Waals surface area contributed by atoms with E-state index in [1.54, 1.807) is 14.0 Å². The summed E-state index contributed by atoms with van der Waals surface area (Å²) >= 11 is 0. The molecule has 0 aliphatic rings. The predicted octanol–water partition coefficient (Wildman–Crippen LogP) is 6.80. The molecule has 3 aromatic rings. The highest BCUT2D eigenvalue weighted by Gasteiger charge is 2.12. The van der Waals surface area contributed by atoms with Gasteiger partial charge in [-0.2, -0.15) is 0 Å². The minimum atomic E-state index is -0.241. The Kier molecular flexibility index (Phi) is 10.8. The Labute approximate surface area is 221 Å². The molecular weight excluding hydrogens is 462 g/mol. The summed E-state index contributed by atoms with van der Waals surface area (Å²) in [5.41, 5.74) is 5.72. The van der Waals surface area contributed by atoms with E-state index in [4.69, 9.17) is 14.2 Å². The lowest BCUT2D eigenvalue weighted by Gasteiger charge is -2.18. The SMILES string of the molecule is CCC(=O)Oc1ccc(/C(=C(/C)Cc2cccc(OC)c2)c2ccc(OCCN(CC)CC)cc2)cc1. The fraction of sp³-hybridized carbons (Fsp3) is 0.344. The third-order valence-corrected chi connectivity index (χ3v) is 6.41. The van der Waals surface area contributed by atoms with Gasteiger partial charge in [-0.15, -0.1) is 0 Å². The Balaban J connectivity index is 1.89. The zero-order valence-electron chi connectivity index (χ0n) is 22.8. The van der Waals surface area contributed by atoms with Crippen LogP contribution in [0.2, 0.25) is 0 Å². The van der Waals surface area contributed by atoms with Crippen molar-refractivity contribution in [2.45, 2.75) is 40.5 Å². The van der Waals surface area contributed by atoms with Gasteiger partial charge < -0.3 is 19.1 Å². The van der Waals surface area contributed by atoms with Crippen molar-refractivity contribution in [1.29, 1.82) is 0 Å². The number of allylic oxidation sites excluding steroid dienone is 1. The third kappa shape index (κ3) is 8.22. The van der Waals surface area contributed by atoms with E-state index in [1.165, 1.54) is 11.1 Å². The van der Waals surface area contributed by atoms with Gasteiger partial charge in [-0.05, 0) is 85.1 Å². The summed E-state index contributed by atoms with van der Waals surface area (Å²) in [5.74, 6) is 2.02. The zero-order chi connectivity index (χ0) is 26.6. The molecule has 0 bridgehead atoms. The number of ether oxygens (including phenoxy) is 3. The van der Waals surface area contributed by atoms with Crippen molar-refractivity contribution in [2.24, 2.45) is 0 Å². The van der Waals surface area contributed by atoms with Crippen LogP contribution in [0, 0.1) is 0 Å². The van der Waals surface area contributed by atoms with Crippen molar-refractivity contribution in [2.75, 3.05) is 33.4 Å². The number of hydrogen-bond donors (Lipinski definition) is 0. The molecule has 3 aromatic carbocycles. The van der Waals surface area contributed by atoms with E-state index in [9.17, 15) is 4.79 Å². The molecule has 0 unspecified atom stereocenters. The van der Waals surface area contributed by atoms with Gasteiger partial charge >= 0.3 is 5.97 Å². The van der Waals surface area contributed by atoms with Crippen LogP contribution in [0.5, 0.6) is 17.2 Å². The highest BCUT2D eigenvalue weighted by Crippen LogP contribution is 2.31. The van der Waals surface area contributed by atoms with Crippen LogP contribution in [0.1, 0.15) is 50.8 Å². The average Bonchev–Trinajstić information content (AvgIpc) is 2.93. The molecule has 0 saturated carbocycles. The number of nitrogens with zero attached hydrogens (tertiary/aromatic N) is 1. The van der Waals surface area contributed by atoms with Gasteiger partial charge in [-0.25, -0.2) is 0 Å². The quantitative estimate of drug-likeness (QED) is 0.190. The number of benzene rings is 3. The molecule has 3 rings (SSSR count). The largest absolute Gasteiger partial charge is 0.497 e. The number of carbonyl (C=O) groups is 1. The first-order valence-electron chi connectivity index (χ1n) is 13.1. The van der Waals surface area contributed by atoms with Gasteiger partial charge in [0.15, 0.2) is 0 Å². The molecule has 196 valence electrons. The van der Waals surface area contributed by atoms with Crippen LogP contribution in [0.3, 0.4) is 0 Å². The van der Waals surface area contributed by atoms with Crippen molar-refractivity contribution < 1.29 is 19.0 Å². The molecule has 0 heterocycles. The standard InChI is InChI=1S/C32H39NO4/c1-6-31(34)37-29-18-14-27(15-19-29)32(24(4)22-25-10-9-11-30(23-25)35-5)26-12-16-28(17-13-26)36-21-20-33(7-2)8-3/h9-19,23H,6-8,20-22H2,1-5H3/b32-24-. The summed E-state index contributed by atoms with van der Waals surface area (Å²) in [5, 5.41) is 0. The monoisotopic (exact) mass is 501 g/mol. The zero-order valence-corrected chi connectivity index (χ0v) is 22.8. The minimum absolute atomic E-state index is 0.241. The molecular formula is C32H39NO4. The molecule has 0 radical (unpaired) electrons. The van der Waals surface area contributed by atoms with Gasteiger partial charge in [0.1, 0.15) is 23.9 Å². The fourth-order valence-electron chi connectivity index (χ4n) is 4.28. The molecule has 0 N–H and O–H groups in total. The molecule has 0 amide bonds. The molecule has 0 atom stereocenters. The maximum atomic E-state index is 11.7. The number of methoxy groups -OCH3 is 1. The Morgan fingerprint density at radius 2 is 1.43 bits per heavy atom. The van der Waals surface area contributed by atoms with Crippen LogP contribution < -0.4 is 14.2 Å². The molecule has 0 saturated heterocycles. The Hall–Kier alpha value is -3.57. The summed E-state index contributed by atoms with van der Waals surface area (Å²) in [4.78, 5) is 14.1. The summed E-state index contributed by atoms with van der Waals surface area (Å²) in [6.45, 7) is 11.9. The van der Waals surface area contributed by atoms with E-state index in [1.807, 2.05) is 48.5 Å². The molecule has 5 heteroatoms. The molecule has 5 nitrogen and oxygen atoms in total. The van der Waals surface area contributed by atoms with Gasteiger partial charge in [0, 0.05) is 13.0 Å². The van der Waals surface area contributed by atoms with E-state index in [-0.39, 0.29) is 5.97 Å². The molecule has 0 aliphatic heterocycles. The normalized spacial score (nSPS) is 11.7. The molecule has 0 fully saturated rings. The number of rotatable bonds is 13. The maximum absolute atomic E-state index is 11.7. The maximum Gasteiger partial charge on any atom is 0.310 e. The van der Waals surface area contributed by atoms with Crippen LogP contribution >= 0.6 is 0 Å². The van der Waals surface area contributed by atoms with E-state index in [2.05, 4.69) is 49.9 Å². The lowest BCUT2D eigenvalue weighted by Crippen LogP contribution is -2.27. The first kappa shape index (κ1) is 28.0. The molecule has 0 spiro atoms. The second-order valence-corrected chi connectivity index (χ2v) is 8.94. The van der Waals surface area contributed by atoms with Gasteiger partial charge in [-0.1, -0.05) is 62.7 Å². The summed E-state index contributed by atoms with van der Waals surface area (Å²) in [7, 11) is 1.69. The first-order valence-corrected chi connectivity index (χ1v) is 13.1. The highest BCUT2D eigenvalue weighted by molar-refractivity contribution is 5.83. The van der Waals surface area contributed by atoms with Gasteiger partial charge in [-0.3, -0.25) is 4.79 Å². The highest BCUT2D eigenvalue weighted by atomic mass is 16.5.